The summed E-state index contributed by atoms with van der Waals surface area (Å²) in [4.78, 5) is 15.3. The number of carbonyl (C=O) groups is 1. The summed E-state index contributed by atoms with van der Waals surface area (Å²) in [5.41, 5.74) is 2.26. The second-order valence-electron chi connectivity index (χ2n) is 3.22. The Kier molecular flexibility index (Phi) is 2.42. The van der Waals surface area contributed by atoms with E-state index in [-0.39, 0.29) is 5.78 Å². The first-order valence-corrected chi connectivity index (χ1v) is 4.56. The predicted molar refractivity (Wildman–Crippen MR) is 56.5 cm³/mol. The van der Waals surface area contributed by atoms with Crippen molar-refractivity contribution in [3.05, 3.63) is 47.7 Å². The van der Waals surface area contributed by atoms with E-state index in [0.717, 1.165) is 11.3 Å². The fourth-order valence-electron chi connectivity index (χ4n) is 1.39. The Morgan fingerprint density at radius 1 is 1.27 bits per heavy atom. The Labute approximate surface area is 87.4 Å². The van der Waals surface area contributed by atoms with Crippen LogP contribution in [0.15, 0.2) is 41.5 Å². The second kappa shape index (κ2) is 3.89. The zero-order chi connectivity index (χ0) is 10.7. The van der Waals surface area contributed by atoms with Crippen LogP contribution in [0.4, 0.5) is 0 Å². The van der Waals surface area contributed by atoms with Gasteiger partial charge in [-0.2, -0.15) is 5.26 Å². The van der Waals surface area contributed by atoms with Gasteiger partial charge in [0, 0.05) is 6.20 Å². The summed E-state index contributed by atoms with van der Waals surface area (Å²) < 4.78 is 0. The molecule has 3 nitrogen and oxygen atoms in total. The monoisotopic (exact) mass is 196 g/mol. The molecule has 1 aliphatic heterocycles. The predicted octanol–water partition coefficient (Wildman–Crippen LogP) is 1.83. The molecule has 0 spiro atoms. The molecule has 0 aromatic heterocycles. The third kappa shape index (κ3) is 2.00. The summed E-state index contributed by atoms with van der Waals surface area (Å²) in [6.45, 7) is 0. The molecule has 0 saturated carbocycles. The van der Waals surface area contributed by atoms with E-state index in [1.165, 1.54) is 12.3 Å². The molecule has 0 fully saturated rings. The van der Waals surface area contributed by atoms with Gasteiger partial charge < -0.3 is 0 Å². The number of ketones is 1. The normalized spacial score (nSPS) is 14.6. The quantitative estimate of drug-likeness (QED) is 0.688. The van der Waals surface area contributed by atoms with Crippen molar-refractivity contribution in [2.24, 2.45) is 4.99 Å². The van der Waals surface area contributed by atoms with Gasteiger partial charge in [0.1, 0.15) is 0 Å². The van der Waals surface area contributed by atoms with Crippen molar-refractivity contribution in [3.63, 3.8) is 0 Å². The lowest BCUT2D eigenvalue weighted by Crippen LogP contribution is -2.10. The maximum absolute atomic E-state index is 11.1. The van der Waals surface area contributed by atoms with Crippen molar-refractivity contribution in [2.75, 3.05) is 0 Å². The molecule has 1 aliphatic rings. The van der Waals surface area contributed by atoms with E-state index in [2.05, 4.69) is 4.99 Å². The zero-order valence-corrected chi connectivity index (χ0v) is 7.97. The van der Waals surface area contributed by atoms with Gasteiger partial charge in [-0.15, -0.1) is 0 Å². The maximum atomic E-state index is 11.1. The molecule has 1 aromatic carbocycles. The van der Waals surface area contributed by atoms with Crippen LogP contribution in [0.25, 0.3) is 0 Å². The van der Waals surface area contributed by atoms with E-state index >= 15 is 0 Å². The van der Waals surface area contributed by atoms with E-state index in [0.29, 0.717) is 12.0 Å². The van der Waals surface area contributed by atoms with Gasteiger partial charge in [0.05, 0.1) is 23.8 Å². The summed E-state index contributed by atoms with van der Waals surface area (Å²) in [5.74, 6) is 0.0596. The Bertz CT molecular complexity index is 489. The molecule has 0 amide bonds. The average molecular weight is 196 g/mol. The van der Waals surface area contributed by atoms with Gasteiger partial charge in [0.25, 0.3) is 0 Å². The molecule has 2 rings (SSSR count). The van der Waals surface area contributed by atoms with Crippen molar-refractivity contribution < 1.29 is 4.79 Å². The minimum Gasteiger partial charge on any atom is -0.294 e. The Hall–Kier alpha value is -2.21. The first-order chi connectivity index (χ1) is 7.29. The smallest absolute Gasteiger partial charge is 0.163 e. The lowest BCUT2D eigenvalue weighted by molar-refractivity contribution is -0.113. The van der Waals surface area contributed by atoms with Gasteiger partial charge in [-0.25, -0.2) is 0 Å². The first-order valence-electron chi connectivity index (χ1n) is 4.56. The molecule has 0 atom stereocenters. The van der Waals surface area contributed by atoms with E-state index in [9.17, 15) is 4.79 Å². The molecule has 0 radical (unpaired) electrons. The Morgan fingerprint density at radius 3 is 2.60 bits per heavy atom. The number of aliphatic imine (C=N–C) groups is 1. The molecule has 1 aromatic rings. The van der Waals surface area contributed by atoms with Crippen molar-refractivity contribution in [2.45, 2.75) is 6.42 Å². The van der Waals surface area contributed by atoms with Gasteiger partial charge in [-0.3, -0.25) is 9.79 Å². The lowest BCUT2D eigenvalue weighted by atomic mass is 10.0. The van der Waals surface area contributed by atoms with Crippen molar-refractivity contribution >= 4 is 11.5 Å². The largest absolute Gasteiger partial charge is 0.294 e. The van der Waals surface area contributed by atoms with Crippen LogP contribution in [-0.4, -0.2) is 11.5 Å². The van der Waals surface area contributed by atoms with Gasteiger partial charge >= 0.3 is 0 Å². The van der Waals surface area contributed by atoms with Gasteiger partial charge in [0.15, 0.2) is 5.78 Å². The minimum absolute atomic E-state index is 0.0596. The SMILES string of the molecule is N#Cc1ccc(C2=NC=CC(=O)C2)cc1. The van der Waals surface area contributed by atoms with E-state index in [1.54, 1.807) is 12.1 Å². The fourth-order valence-corrected chi connectivity index (χ4v) is 1.39. The topological polar surface area (TPSA) is 53.2 Å². The number of hydrogen-bond acceptors (Lipinski definition) is 3. The number of nitriles is 1. The van der Waals surface area contributed by atoms with Crippen LogP contribution < -0.4 is 0 Å². The second-order valence-corrected chi connectivity index (χ2v) is 3.22. The molecule has 0 aliphatic carbocycles. The van der Waals surface area contributed by atoms with Crippen LogP contribution in [-0.2, 0) is 4.79 Å². The number of allylic oxidation sites excluding steroid dienone is 1. The lowest BCUT2D eigenvalue weighted by Gasteiger charge is -2.06. The molecular weight excluding hydrogens is 188 g/mol. The molecule has 0 bridgehead atoms. The van der Waals surface area contributed by atoms with E-state index in [4.69, 9.17) is 5.26 Å². The molecule has 72 valence electrons. The molecule has 15 heavy (non-hydrogen) atoms. The number of nitrogens with zero attached hydrogens (tertiary/aromatic N) is 2. The summed E-state index contributed by atoms with van der Waals surface area (Å²) in [5, 5.41) is 8.64. The highest BCUT2D eigenvalue weighted by Crippen LogP contribution is 2.10. The van der Waals surface area contributed by atoms with Gasteiger partial charge in [0.2, 0.25) is 0 Å². The number of carbonyl (C=O) groups excluding carboxylic acids is 1. The van der Waals surface area contributed by atoms with Gasteiger partial charge in [-0.05, 0) is 23.8 Å². The van der Waals surface area contributed by atoms with Crippen molar-refractivity contribution in [1.82, 2.24) is 0 Å². The van der Waals surface area contributed by atoms with Crippen LogP contribution >= 0.6 is 0 Å². The molecule has 0 N–H and O–H groups in total. The number of rotatable bonds is 1. The van der Waals surface area contributed by atoms with Crippen LogP contribution in [0.3, 0.4) is 0 Å². The number of hydrogen-bond donors (Lipinski definition) is 0. The molecule has 0 unspecified atom stereocenters. The highest BCUT2D eigenvalue weighted by Gasteiger charge is 2.10. The summed E-state index contributed by atoms with van der Waals surface area (Å²) in [7, 11) is 0. The highest BCUT2D eigenvalue weighted by molar-refractivity contribution is 6.15. The third-order valence-electron chi connectivity index (χ3n) is 2.18. The zero-order valence-electron chi connectivity index (χ0n) is 7.97. The fraction of sp³-hybridized carbons (Fsp3) is 0.0833. The van der Waals surface area contributed by atoms with E-state index in [1.807, 2.05) is 18.2 Å². The summed E-state index contributed by atoms with van der Waals surface area (Å²) >= 11 is 0. The Morgan fingerprint density at radius 2 is 2.00 bits per heavy atom. The summed E-state index contributed by atoms with van der Waals surface area (Å²) in [6, 6.07) is 9.11. The van der Waals surface area contributed by atoms with Gasteiger partial charge in [-0.1, -0.05) is 12.1 Å². The molecule has 1 heterocycles. The average Bonchev–Trinajstić information content (AvgIpc) is 2.29. The third-order valence-corrected chi connectivity index (χ3v) is 2.18. The van der Waals surface area contributed by atoms with Crippen molar-refractivity contribution in [3.8, 4) is 6.07 Å². The molecule has 3 heteroatoms. The molecular formula is C12H8N2O. The minimum atomic E-state index is 0.0596. The maximum Gasteiger partial charge on any atom is 0.163 e. The Balaban J connectivity index is 2.31. The first kappa shape index (κ1) is 9.35. The van der Waals surface area contributed by atoms with Crippen LogP contribution in [0.5, 0.6) is 0 Å². The number of benzene rings is 1. The standard InChI is InChI=1S/C12H8N2O/c13-8-9-1-3-10(4-2-9)12-7-11(15)5-6-14-12/h1-6H,7H2. The van der Waals surface area contributed by atoms with Crippen molar-refractivity contribution in [1.29, 1.82) is 5.26 Å². The van der Waals surface area contributed by atoms with Crippen LogP contribution in [0.2, 0.25) is 0 Å². The molecule has 0 saturated heterocycles. The van der Waals surface area contributed by atoms with E-state index < -0.39 is 0 Å². The highest BCUT2D eigenvalue weighted by atomic mass is 16.1. The summed E-state index contributed by atoms with van der Waals surface area (Å²) in [6.07, 6.45) is 3.31. The van der Waals surface area contributed by atoms with Crippen LogP contribution in [0, 0.1) is 11.3 Å². The van der Waals surface area contributed by atoms with Crippen LogP contribution in [0.1, 0.15) is 17.5 Å².